The van der Waals surface area contributed by atoms with Crippen LogP contribution in [0.3, 0.4) is 0 Å². The van der Waals surface area contributed by atoms with Crippen molar-refractivity contribution in [2.75, 3.05) is 0 Å². The SMILES string of the molecule is Cc1ccc(C)c(C(N)c2cc(C)c(C)c([N+](=O)[O-])c2)c1. The van der Waals surface area contributed by atoms with E-state index in [2.05, 4.69) is 0 Å². The molecule has 4 nitrogen and oxygen atoms in total. The molecule has 0 bridgehead atoms. The summed E-state index contributed by atoms with van der Waals surface area (Å²) in [6, 6.07) is 9.28. The van der Waals surface area contributed by atoms with Crippen LogP contribution in [0.1, 0.15) is 39.4 Å². The van der Waals surface area contributed by atoms with Gasteiger partial charge < -0.3 is 5.73 Å². The van der Waals surface area contributed by atoms with Crippen LogP contribution >= 0.6 is 0 Å². The molecular formula is C17H20N2O2. The molecule has 0 radical (unpaired) electrons. The molecule has 0 amide bonds. The molecule has 0 aliphatic carbocycles. The average molecular weight is 284 g/mol. The lowest BCUT2D eigenvalue weighted by molar-refractivity contribution is -0.385. The lowest BCUT2D eigenvalue weighted by Crippen LogP contribution is -2.14. The zero-order valence-electron chi connectivity index (χ0n) is 12.8. The van der Waals surface area contributed by atoms with E-state index in [9.17, 15) is 10.1 Å². The van der Waals surface area contributed by atoms with Crippen LogP contribution in [0.4, 0.5) is 5.69 Å². The minimum Gasteiger partial charge on any atom is -0.320 e. The Morgan fingerprint density at radius 3 is 2.33 bits per heavy atom. The second kappa shape index (κ2) is 5.66. The van der Waals surface area contributed by atoms with Gasteiger partial charge in [-0.1, -0.05) is 29.8 Å². The van der Waals surface area contributed by atoms with Crippen molar-refractivity contribution in [3.05, 3.63) is 73.8 Å². The first-order valence-electron chi connectivity index (χ1n) is 6.89. The van der Waals surface area contributed by atoms with Gasteiger partial charge in [0.25, 0.3) is 5.69 Å². The molecule has 0 aromatic heterocycles. The Labute approximate surface area is 124 Å². The van der Waals surface area contributed by atoms with E-state index in [1.165, 1.54) is 0 Å². The highest BCUT2D eigenvalue weighted by Crippen LogP contribution is 2.30. The van der Waals surface area contributed by atoms with Gasteiger partial charge in [0.15, 0.2) is 0 Å². The third-order valence-electron chi connectivity index (χ3n) is 3.99. The number of nitrogens with two attached hydrogens (primary N) is 1. The minimum atomic E-state index is -0.358. The van der Waals surface area contributed by atoms with Crippen molar-refractivity contribution < 1.29 is 4.92 Å². The molecule has 0 aliphatic heterocycles. The summed E-state index contributed by atoms with van der Waals surface area (Å²) in [7, 11) is 0. The smallest absolute Gasteiger partial charge is 0.272 e. The Balaban J connectivity index is 2.56. The number of nitro benzene ring substituents is 1. The second-order valence-electron chi connectivity index (χ2n) is 5.58. The van der Waals surface area contributed by atoms with Gasteiger partial charge in [-0.15, -0.1) is 0 Å². The predicted molar refractivity (Wildman–Crippen MR) is 84.5 cm³/mol. The standard InChI is InChI=1S/C17H20N2O2/c1-10-5-6-11(2)15(7-10)17(18)14-8-12(3)13(4)16(9-14)19(20)21/h5-9,17H,18H2,1-4H3. The van der Waals surface area contributed by atoms with Gasteiger partial charge in [0.2, 0.25) is 0 Å². The fourth-order valence-corrected chi connectivity index (χ4v) is 2.51. The highest BCUT2D eigenvalue weighted by Gasteiger charge is 2.19. The molecule has 1 unspecified atom stereocenters. The van der Waals surface area contributed by atoms with Gasteiger partial charge >= 0.3 is 0 Å². The van der Waals surface area contributed by atoms with E-state index < -0.39 is 0 Å². The second-order valence-corrected chi connectivity index (χ2v) is 5.58. The molecule has 0 fully saturated rings. The van der Waals surface area contributed by atoms with Crippen LogP contribution in [0.15, 0.2) is 30.3 Å². The third kappa shape index (κ3) is 2.95. The Kier molecular flexibility index (Phi) is 4.09. The highest BCUT2D eigenvalue weighted by molar-refractivity contribution is 5.50. The highest BCUT2D eigenvalue weighted by atomic mass is 16.6. The minimum absolute atomic E-state index is 0.130. The van der Waals surface area contributed by atoms with Crippen molar-refractivity contribution in [1.29, 1.82) is 0 Å². The third-order valence-corrected chi connectivity index (χ3v) is 3.99. The number of rotatable bonds is 3. The van der Waals surface area contributed by atoms with E-state index in [1.54, 1.807) is 13.0 Å². The Morgan fingerprint density at radius 2 is 1.71 bits per heavy atom. The summed E-state index contributed by atoms with van der Waals surface area (Å²) >= 11 is 0. The van der Waals surface area contributed by atoms with Gasteiger partial charge in [-0.25, -0.2) is 0 Å². The normalized spacial score (nSPS) is 12.2. The summed E-state index contributed by atoms with van der Waals surface area (Å²) in [5.41, 5.74) is 12.1. The molecule has 4 heteroatoms. The summed E-state index contributed by atoms with van der Waals surface area (Å²) < 4.78 is 0. The van der Waals surface area contributed by atoms with Crippen LogP contribution in [0, 0.1) is 37.8 Å². The topological polar surface area (TPSA) is 69.2 Å². The van der Waals surface area contributed by atoms with Crippen molar-refractivity contribution in [1.82, 2.24) is 0 Å². The van der Waals surface area contributed by atoms with Crippen molar-refractivity contribution in [2.24, 2.45) is 5.73 Å². The lowest BCUT2D eigenvalue weighted by Gasteiger charge is -2.17. The molecule has 21 heavy (non-hydrogen) atoms. The number of benzene rings is 2. The Morgan fingerprint density at radius 1 is 1.05 bits per heavy atom. The lowest BCUT2D eigenvalue weighted by atomic mass is 9.92. The maximum absolute atomic E-state index is 11.2. The van der Waals surface area contributed by atoms with Crippen molar-refractivity contribution >= 4 is 5.69 Å². The molecule has 0 spiro atoms. The number of aryl methyl sites for hydroxylation is 3. The van der Waals surface area contributed by atoms with Crippen LogP contribution in [0.25, 0.3) is 0 Å². The molecular weight excluding hydrogens is 264 g/mol. The molecule has 2 aromatic rings. The first-order valence-corrected chi connectivity index (χ1v) is 6.89. The van der Waals surface area contributed by atoms with Crippen molar-refractivity contribution in [3.8, 4) is 0 Å². The summed E-state index contributed by atoms with van der Waals surface area (Å²) in [4.78, 5) is 10.8. The zero-order chi connectivity index (χ0) is 15.7. The molecule has 1 atom stereocenters. The Bertz CT molecular complexity index is 708. The number of nitrogens with zero attached hydrogens (tertiary/aromatic N) is 1. The first kappa shape index (κ1) is 15.2. The monoisotopic (exact) mass is 284 g/mol. The number of hydrogen-bond donors (Lipinski definition) is 1. The van der Waals surface area contributed by atoms with Gasteiger partial charge in [-0.3, -0.25) is 10.1 Å². The molecule has 2 rings (SSSR count). The molecule has 110 valence electrons. The summed E-state index contributed by atoms with van der Waals surface area (Å²) in [5.74, 6) is 0. The van der Waals surface area contributed by atoms with E-state index in [0.717, 1.165) is 27.8 Å². The molecule has 0 saturated carbocycles. The molecule has 0 heterocycles. The molecule has 2 aromatic carbocycles. The van der Waals surface area contributed by atoms with E-state index in [-0.39, 0.29) is 16.7 Å². The number of nitro groups is 1. The van der Waals surface area contributed by atoms with Crippen LogP contribution in [0.2, 0.25) is 0 Å². The quantitative estimate of drug-likeness (QED) is 0.687. The van der Waals surface area contributed by atoms with Crippen LogP contribution in [0.5, 0.6) is 0 Å². The molecule has 2 N–H and O–H groups in total. The summed E-state index contributed by atoms with van der Waals surface area (Å²) in [6.45, 7) is 7.66. The predicted octanol–water partition coefficient (Wildman–Crippen LogP) is 3.88. The van der Waals surface area contributed by atoms with Crippen molar-refractivity contribution in [2.45, 2.75) is 33.7 Å². The van der Waals surface area contributed by atoms with E-state index in [1.807, 2.05) is 45.0 Å². The fourth-order valence-electron chi connectivity index (χ4n) is 2.51. The number of hydrogen-bond acceptors (Lipinski definition) is 3. The van der Waals surface area contributed by atoms with Crippen LogP contribution in [-0.2, 0) is 0 Å². The van der Waals surface area contributed by atoms with E-state index >= 15 is 0 Å². The largest absolute Gasteiger partial charge is 0.320 e. The first-order chi connectivity index (χ1) is 9.81. The summed E-state index contributed by atoms with van der Waals surface area (Å²) in [5, 5.41) is 11.2. The molecule has 0 aliphatic rings. The van der Waals surface area contributed by atoms with Crippen molar-refractivity contribution in [3.63, 3.8) is 0 Å². The average Bonchev–Trinajstić information content (AvgIpc) is 2.43. The van der Waals surface area contributed by atoms with Gasteiger partial charge in [0.1, 0.15) is 0 Å². The Hall–Kier alpha value is -2.20. The van der Waals surface area contributed by atoms with Gasteiger partial charge in [0, 0.05) is 11.6 Å². The fraction of sp³-hybridized carbons (Fsp3) is 0.294. The maximum Gasteiger partial charge on any atom is 0.272 e. The van der Waals surface area contributed by atoms with E-state index in [4.69, 9.17) is 5.73 Å². The zero-order valence-corrected chi connectivity index (χ0v) is 12.8. The van der Waals surface area contributed by atoms with Gasteiger partial charge in [-0.2, -0.15) is 0 Å². The summed E-state index contributed by atoms with van der Waals surface area (Å²) in [6.07, 6.45) is 0. The molecule has 0 saturated heterocycles. The van der Waals surface area contributed by atoms with Crippen LogP contribution in [-0.4, -0.2) is 4.92 Å². The van der Waals surface area contributed by atoms with Gasteiger partial charge in [-0.05, 0) is 49.9 Å². The van der Waals surface area contributed by atoms with E-state index in [0.29, 0.717) is 5.56 Å². The van der Waals surface area contributed by atoms with Crippen LogP contribution < -0.4 is 5.73 Å². The maximum atomic E-state index is 11.2. The van der Waals surface area contributed by atoms with Gasteiger partial charge in [0.05, 0.1) is 11.0 Å².